The molecule has 104 valence electrons. The highest BCUT2D eigenvalue weighted by Gasteiger charge is 2.18. The molecule has 0 aliphatic carbocycles. The molecule has 0 bridgehead atoms. The summed E-state index contributed by atoms with van der Waals surface area (Å²) in [6, 6.07) is 6.63. The van der Waals surface area contributed by atoms with Gasteiger partial charge in [-0.25, -0.2) is 4.98 Å². The van der Waals surface area contributed by atoms with Crippen LogP contribution in [0.4, 0.5) is 5.82 Å². The highest BCUT2D eigenvalue weighted by atomic mass is 15.3. The summed E-state index contributed by atoms with van der Waals surface area (Å²) in [4.78, 5) is 4.77. The maximum atomic E-state index is 6.10. The van der Waals surface area contributed by atoms with Gasteiger partial charge in [-0.15, -0.1) is 0 Å². The van der Waals surface area contributed by atoms with E-state index in [1.54, 1.807) is 10.9 Å². The number of nitrogen functional groups attached to an aromatic ring is 1. The van der Waals surface area contributed by atoms with Gasteiger partial charge in [0.05, 0.1) is 22.8 Å². The lowest BCUT2D eigenvalue weighted by atomic mass is 10.2. The molecule has 0 aliphatic rings. The van der Waals surface area contributed by atoms with Crippen molar-refractivity contribution in [3.8, 4) is 11.4 Å². The third kappa shape index (κ3) is 1.78. The van der Waals surface area contributed by atoms with Gasteiger partial charge in [-0.1, -0.05) is 6.07 Å². The molecule has 1 aromatic carbocycles. The number of rotatable bonds is 2. The van der Waals surface area contributed by atoms with Crippen LogP contribution in [0.5, 0.6) is 0 Å². The maximum Gasteiger partial charge on any atom is 0.146 e. The average Bonchev–Trinajstić information content (AvgIpc) is 2.90. The quantitative estimate of drug-likeness (QED) is 0.778. The zero-order chi connectivity index (χ0) is 14.4. The van der Waals surface area contributed by atoms with Crippen molar-refractivity contribution in [2.75, 3.05) is 5.73 Å². The minimum atomic E-state index is 0.303. The summed E-state index contributed by atoms with van der Waals surface area (Å²) < 4.78 is 3.88. The molecule has 2 heterocycles. The lowest BCUT2D eigenvalue weighted by Crippen LogP contribution is -2.05. The number of nitrogens with two attached hydrogens (primary N) is 1. The van der Waals surface area contributed by atoms with Crippen LogP contribution in [-0.2, 0) is 7.05 Å². The SMILES string of the molecule is Cc1ccc2c(c1)nc(-c1cnn(C)c1N)n2C(C)C. The molecular weight excluding hydrogens is 250 g/mol. The number of hydrogen-bond donors (Lipinski definition) is 1. The fourth-order valence-electron chi connectivity index (χ4n) is 2.54. The highest BCUT2D eigenvalue weighted by Crippen LogP contribution is 2.31. The van der Waals surface area contributed by atoms with Gasteiger partial charge in [0.2, 0.25) is 0 Å². The van der Waals surface area contributed by atoms with Crippen LogP contribution in [-0.4, -0.2) is 19.3 Å². The van der Waals surface area contributed by atoms with Gasteiger partial charge in [0.25, 0.3) is 0 Å². The van der Waals surface area contributed by atoms with Crippen molar-refractivity contribution >= 4 is 16.9 Å². The Morgan fingerprint density at radius 1 is 1.25 bits per heavy atom. The number of aromatic nitrogens is 4. The first kappa shape index (κ1) is 12.7. The summed E-state index contributed by atoms with van der Waals surface area (Å²) in [5, 5.41) is 4.22. The van der Waals surface area contributed by atoms with Crippen molar-refractivity contribution in [2.24, 2.45) is 7.05 Å². The van der Waals surface area contributed by atoms with Crippen molar-refractivity contribution in [3.63, 3.8) is 0 Å². The van der Waals surface area contributed by atoms with Crippen LogP contribution >= 0.6 is 0 Å². The standard InChI is InChI=1S/C15H19N5/c1-9(2)20-13-6-5-10(3)7-12(13)18-15(20)11-8-17-19(4)14(11)16/h5-9H,16H2,1-4H3. The number of anilines is 1. The molecule has 0 saturated heterocycles. The highest BCUT2D eigenvalue weighted by molar-refractivity contribution is 5.83. The molecule has 3 rings (SSSR count). The minimum Gasteiger partial charge on any atom is -0.383 e. The van der Waals surface area contributed by atoms with Gasteiger partial charge in [0, 0.05) is 13.1 Å². The predicted molar refractivity (Wildman–Crippen MR) is 81.5 cm³/mol. The van der Waals surface area contributed by atoms with Crippen LogP contribution in [0.3, 0.4) is 0 Å². The zero-order valence-corrected chi connectivity index (χ0v) is 12.3. The second-order valence-electron chi connectivity index (χ2n) is 5.46. The average molecular weight is 269 g/mol. The van der Waals surface area contributed by atoms with E-state index in [4.69, 9.17) is 10.7 Å². The summed E-state index contributed by atoms with van der Waals surface area (Å²) in [6.07, 6.45) is 1.78. The van der Waals surface area contributed by atoms with Crippen molar-refractivity contribution in [1.29, 1.82) is 0 Å². The molecule has 2 aromatic heterocycles. The Kier molecular flexibility index (Phi) is 2.78. The molecule has 5 heteroatoms. The molecule has 20 heavy (non-hydrogen) atoms. The van der Waals surface area contributed by atoms with E-state index >= 15 is 0 Å². The molecule has 3 aromatic rings. The van der Waals surface area contributed by atoms with E-state index in [9.17, 15) is 0 Å². The minimum absolute atomic E-state index is 0.303. The van der Waals surface area contributed by atoms with Crippen molar-refractivity contribution in [2.45, 2.75) is 26.8 Å². The number of aryl methyl sites for hydroxylation is 2. The summed E-state index contributed by atoms with van der Waals surface area (Å²) in [5.41, 5.74) is 10.3. The maximum absolute atomic E-state index is 6.10. The second kappa shape index (κ2) is 4.37. The van der Waals surface area contributed by atoms with E-state index in [1.165, 1.54) is 5.56 Å². The van der Waals surface area contributed by atoms with Gasteiger partial charge in [-0.2, -0.15) is 5.10 Å². The predicted octanol–water partition coefficient (Wildman–Crippen LogP) is 2.91. The Bertz CT molecular complexity index is 779. The lowest BCUT2D eigenvalue weighted by Gasteiger charge is -2.12. The largest absolute Gasteiger partial charge is 0.383 e. The number of benzene rings is 1. The third-order valence-corrected chi connectivity index (χ3v) is 3.59. The first-order chi connectivity index (χ1) is 9.49. The first-order valence-electron chi connectivity index (χ1n) is 6.75. The van der Waals surface area contributed by atoms with Gasteiger partial charge >= 0.3 is 0 Å². The fraction of sp³-hybridized carbons (Fsp3) is 0.333. The Balaban J connectivity index is 2.35. The van der Waals surface area contributed by atoms with E-state index in [0.717, 1.165) is 22.4 Å². The van der Waals surface area contributed by atoms with Crippen LogP contribution in [0.1, 0.15) is 25.5 Å². The van der Waals surface area contributed by atoms with Gasteiger partial charge in [-0.3, -0.25) is 4.68 Å². The lowest BCUT2D eigenvalue weighted by molar-refractivity contribution is 0.624. The number of imidazole rings is 1. The number of hydrogen-bond acceptors (Lipinski definition) is 3. The van der Waals surface area contributed by atoms with E-state index in [-0.39, 0.29) is 0 Å². The van der Waals surface area contributed by atoms with E-state index in [2.05, 4.69) is 48.6 Å². The molecule has 2 N–H and O–H groups in total. The van der Waals surface area contributed by atoms with Crippen molar-refractivity contribution in [3.05, 3.63) is 30.0 Å². The third-order valence-electron chi connectivity index (χ3n) is 3.59. The summed E-state index contributed by atoms with van der Waals surface area (Å²) >= 11 is 0. The van der Waals surface area contributed by atoms with Crippen molar-refractivity contribution < 1.29 is 0 Å². The topological polar surface area (TPSA) is 61.7 Å². The Labute approximate surface area is 118 Å². The van der Waals surface area contributed by atoms with Gasteiger partial charge in [-0.05, 0) is 38.5 Å². The summed E-state index contributed by atoms with van der Waals surface area (Å²) in [5.74, 6) is 1.52. The zero-order valence-electron chi connectivity index (χ0n) is 12.3. The summed E-state index contributed by atoms with van der Waals surface area (Å²) in [6.45, 7) is 6.38. The molecule has 0 spiro atoms. The molecule has 0 fully saturated rings. The fourth-order valence-corrected chi connectivity index (χ4v) is 2.54. The normalized spacial score (nSPS) is 11.7. The molecule has 0 aliphatic heterocycles. The Hall–Kier alpha value is -2.30. The Morgan fingerprint density at radius 2 is 2.00 bits per heavy atom. The molecule has 0 radical (unpaired) electrons. The van der Waals surface area contributed by atoms with E-state index < -0.39 is 0 Å². The number of fused-ring (bicyclic) bond motifs is 1. The molecular formula is C15H19N5. The molecule has 0 saturated carbocycles. The van der Waals surface area contributed by atoms with Gasteiger partial charge in [0.1, 0.15) is 11.6 Å². The second-order valence-corrected chi connectivity index (χ2v) is 5.46. The van der Waals surface area contributed by atoms with Crippen molar-refractivity contribution in [1.82, 2.24) is 19.3 Å². The molecule has 0 atom stereocenters. The Morgan fingerprint density at radius 3 is 2.60 bits per heavy atom. The van der Waals surface area contributed by atoms with E-state index in [0.29, 0.717) is 11.9 Å². The van der Waals surface area contributed by atoms with Crippen LogP contribution in [0.15, 0.2) is 24.4 Å². The molecule has 0 unspecified atom stereocenters. The molecule has 0 amide bonds. The number of nitrogens with zero attached hydrogens (tertiary/aromatic N) is 4. The van der Waals surface area contributed by atoms with E-state index in [1.807, 2.05) is 7.05 Å². The van der Waals surface area contributed by atoms with Crippen LogP contribution < -0.4 is 5.73 Å². The van der Waals surface area contributed by atoms with Crippen LogP contribution in [0.2, 0.25) is 0 Å². The smallest absolute Gasteiger partial charge is 0.146 e. The monoisotopic (exact) mass is 269 g/mol. The van der Waals surface area contributed by atoms with Crippen LogP contribution in [0.25, 0.3) is 22.4 Å². The van der Waals surface area contributed by atoms with Gasteiger partial charge < -0.3 is 10.3 Å². The first-order valence-corrected chi connectivity index (χ1v) is 6.75. The van der Waals surface area contributed by atoms with Gasteiger partial charge in [0.15, 0.2) is 0 Å². The molecule has 5 nitrogen and oxygen atoms in total. The summed E-state index contributed by atoms with van der Waals surface area (Å²) in [7, 11) is 1.84. The van der Waals surface area contributed by atoms with Crippen LogP contribution in [0, 0.1) is 6.92 Å².